The number of aryl methyl sites for hydroxylation is 1. The second-order valence-corrected chi connectivity index (χ2v) is 7.86. The summed E-state index contributed by atoms with van der Waals surface area (Å²) in [6.45, 7) is 1.41. The van der Waals surface area contributed by atoms with Gasteiger partial charge in [-0.05, 0) is 37.1 Å². The van der Waals surface area contributed by atoms with Crippen molar-refractivity contribution < 1.29 is 34.1 Å². The first-order valence-electron chi connectivity index (χ1n) is 10.8. The molecule has 1 aromatic heterocycles. The molecule has 1 unspecified atom stereocenters. The first-order chi connectivity index (χ1) is 16.4. The number of nitrogens with zero attached hydrogens (tertiary/aromatic N) is 6. The van der Waals surface area contributed by atoms with E-state index in [4.69, 9.17) is 14.9 Å². The molecule has 1 aromatic carbocycles. The lowest BCUT2D eigenvalue weighted by atomic mass is 10.0. The van der Waals surface area contributed by atoms with E-state index in [2.05, 4.69) is 10.3 Å². The minimum Gasteiger partial charge on any atom is -0.487 e. The number of carbonyl (C=O) groups excluding carboxylic acids is 3. The third kappa shape index (κ3) is 4.69. The van der Waals surface area contributed by atoms with Crippen LogP contribution < -0.4 is 9.64 Å². The van der Waals surface area contributed by atoms with Gasteiger partial charge in [0.1, 0.15) is 24.1 Å². The Morgan fingerprint density at radius 1 is 1.15 bits per heavy atom. The Morgan fingerprint density at radius 3 is 2.62 bits per heavy atom. The van der Waals surface area contributed by atoms with Gasteiger partial charge in [-0.2, -0.15) is 4.90 Å². The summed E-state index contributed by atoms with van der Waals surface area (Å²) < 4.78 is 7.34. The van der Waals surface area contributed by atoms with E-state index in [9.17, 15) is 19.2 Å². The van der Waals surface area contributed by atoms with Crippen molar-refractivity contribution in [3.8, 4) is 5.75 Å². The van der Waals surface area contributed by atoms with Crippen molar-refractivity contribution in [1.29, 1.82) is 0 Å². The molecule has 2 N–H and O–H groups in total. The second kappa shape index (κ2) is 9.87. The second-order valence-electron chi connectivity index (χ2n) is 7.86. The molecule has 2 saturated heterocycles. The number of imide groups is 3. The molecule has 13 heteroatoms. The maximum atomic E-state index is 13.0. The molecule has 1 atom stereocenters. The number of hydrogen-bond donors (Lipinski definition) is 2. The molecule has 2 aromatic rings. The number of piperidine rings is 1. The van der Waals surface area contributed by atoms with Gasteiger partial charge in [0.15, 0.2) is 0 Å². The molecular formula is C21H24N6O7. The minimum absolute atomic E-state index is 0.0761. The van der Waals surface area contributed by atoms with Gasteiger partial charge in [-0.15, -0.1) is 5.10 Å². The number of rotatable bonds is 8. The molecule has 0 aliphatic carbocycles. The Kier molecular flexibility index (Phi) is 6.72. The molecule has 2 aliphatic rings. The molecule has 0 spiro atoms. The van der Waals surface area contributed by atoms with Crippen LogP contribution in [0.4, 0.5) is 15.3 Å². The van der Waals surface area contributed by atoms with Gasteiger partial charge in [0.2, 0.25) is 5.91 Å². The van der Waals surface area contributed by atoms with Gasteiger partial charge in [-0.3, -0.25) is 19.2 Å². The van der Waals surface area contributed by atoms with E-state index in [-0.39, 0.29) is 37.5 Å². The highest BCUT2D eigenvalue weighted by Gasteiger charge is 2.45. The monoisotopic (exact) mass is 472 g/mol. The number of aliphatic hydroxyl groups is 1. The van der Waals surface area contributed by atoms with Crippen LogP contribution in [0.25, 0.3) is 0 Å². The van der Waals surface area contributed by atoms with Gasteiger partial charge < -0.3 is 19.8 Å². The highest BCUT2D eigenvalue weighted by atomic mass is 16.5. The summed E-state index contributed by atoms with van der Waals surface area (Å²) in [4.78, 5) is 51.5. The summed E-state index contributed by atoms with van der Waals surface area (Å²) in [6, 6.07) is 5.43. The zero-order valence-corrected chi connectivity index (χ0v) is 18.2. The number of ether oxygens (including phenoxy) is 1. The molecule has 13 nitrogen and oxygen atoms in total. The van der Waals surface area contributed by atoms with E-state index in [0.717, 1.165) is 0 Å². The molecule has 2 aliphatic heterocycles. The van der Waals surface area contributed by atoms with Gasteiger partial charge in [0, 0.05) is 38.3 Å². The van der Waals surface area contributed by atoms with Crippen LogP contribution in [0.15, 0.2) is 30.5 Å². The van der Waals surface area contributed by atoms with Crippen LogP contribution in [0.5, 0.6) is 5.75 Å². The zero-order chi connectivity index (χ0) is 24.2. The summed E-state index contributed by atoms with van der Waals surface area (Å²) in [6.07, 6.45) is 0.675. The first kappa shape index (κ1) is 23.2. The highest BCUT2D eigenvalue weighted by molar-refractivity contribution is 6.12. The van der Waals surface area contributed by atoms with Crippen LogP contribution in [0, 0.1) is 0 Å². The summed E-state index contributed by atoms with van der Waals surface area (Å²) in [5, 5.41) is 26.0. The lowest BCUT2D eigenvalue weighted by Gasteiger charge is -2.32. The Bertz CT molecular complexity index is 1090. The standard InChI is InChI=1S/C21H24N6O7/c28-11-1-8-24-12-14(22-23-24)13-34-16-4-2-15(3-5-16)25-9-10-26(20(25)31)17-6-7-18(29)27(19(17)30)21(32)33/h2-5,12,17,28H,1,6-11,13H2,(H,32,33). The number of hydrogen-bond acceptors (Lipinski definition) is 8. The average molecular weight is 472 g/mol. The van der Waals surface area contributed by atoms with Crippen LogP contribution >= 0.6 is 0 Å². The Hall–Kier alpha value is -4.00. The largest absolute Gasteiger partial charge is 0.487 e. The zero-order valence-electron chi connectivity index (χ0n) is 18.2. The van der Waals surface area contributed by atoms with Crippen molar-refractivity contribution >= 4 is 29.6 Å². The Morgan fingerprint density at radius 2 is 1.91 bits per heavy atom. The summed E-state index contributed by atoms with van der Waals surface area (Å²) in [7, 11) is 0. The van der Waals surface area contributed by atoms with E-state index >= 15 is 0 Å². The number of benzene rings is 1. The van der Waals surface area contributed by atoms with Crippen LogP contribution in [-0.4, -0.2) is 84.7 Å². The van der Waals surface area contributed by atoms with Crippen molar-refractivity contribution in [3.63, 3.8) is 0 Å². The number of urea groups is 1. The average Bonchev–Trinajstić information content (AvgIpc) is 3.43. The van der Waals surface area contributed by atoms with Gasteiger partial charge in [-0.1, -0.05) is 5.21 Å². The number of likely N-dealkylation sites (tertiary alicyclic amines) is 1. The summed E-state index contributed by atoms with van der Waals surface area (Å²) in [5.74, 6) is -1.10. The molecule has 2 fully saturated rings. The quantitative estimate of drug-likeness (QED) is 0.527. The van der Waals surface area contributed by atoms with E-state index < -0.39 is 30.0 Å². The van der Waals surface area contributed by atoms with Crippen molar-refractivity contribution in [2.45, 2.75) is 38.5 Å². The smallest absolute Gasteiger partial charge is 0.421 e. The van der Waals surface area contributed by atoms with Crippen molar-refractivity contribution in [2.75, 3.05) is 24.6 Å². The molecule has 4 rings (SSSR count). The van der Waals surface area contributed by atoms with E-state index in [0.29, 0.717) is 36.6 Å². The van der Waals surface area contributed by atoms with Gasteiger partial charge in [0.05, 0.1) is 6.20 Å². The van der Waals surface area contributed by atoms with E-state index in [1.54, 1.807) is 35.1 Å². The molecule has 0 bridgehead atoms. The number of aliphatic hydroxyl groups excluding tert-OH is 1. The minimum atomic E-state index is -1.63. The van der Waals surface area contributed by atoms with E-state index in [1.165, 1.54) is 9.80 Å². The normalized spacial score (nSPS) is 18.7. The Labute approximate surface area is 194 Å². The molecule has 34 heavy (non-hydrogen) atoms. The molecule has 5 amide bonds. The fraction of sp³-hybridized carbons (Fsp3) is 0.429. The SMILES string of the molecule is O=C(O)N1C(=O)CCC(N2CCN(c3ccc(OCc4cn(CCCO)nn4)cc3)C2=O)C1=O. The predicted molar refractivity (Wildman–Crippen MR) is 115 cm³/mol. The lowest BCUT2D eigenvalue weighted by molar-refractivity contribution is -0.148. The maximum Gasteiger partial charge on any atom is 0.421 e. The molecule has 3 heterocycles. The number of anilines is 1. The third-order valence-electron chi connectivity index (χ3n) is 5.66. The lowest BCUT2D eigenvalue weighted by Crippen LogP contribution is -2.56. The van der Waals surface area contributed by atoms with Crippen molar-refractivity contribution in [1.82, 2.24) is 24.8 Å². The van der Waals surface area contributed by atoms with Gasteiger partial charge in [-0.25, -0.2) is 9.59 Å². The predicted octanol–water partition coefficient (Wildman–Crippen LogP) is 0.677. The van der Waals surface area contributed by atoms with Gasteiger partial charge in [0.25, 0.3) is 5.91 Å². The van der Waals surface area contributed by atoms with Crippen molar-refractivity contribution in [3.05, 3.63) is 36.2 Å². The van der Waals surface area contributed by atoms with Crippen LogP contribution in [0.2, 0.25) is 0 Å². The number of carboxylic acid groups (broad SMARTS) is 1. The van der Waals surface area contributed by atoms with Crippen LogP contribution in [0.3, 0.4) is 0 Å². The van der Waals surface area contributed by atoms with Crippen LogP contribution in [-0.2, 0) is 22.7 Å². The first-order valence-corrected chi connectivity index (χ1v) is 10.8. The number of amides is 5. The van der Waals surface area contributed by atoms with Gasteiger partial charge >= 0.3 is 12.1 Å². The highest BCUT2D eigenvalue weighted by Crippen LogP contribution is 2.27. The van der Waals surface area contributed by atoms with Crippen molar-refractivity contribution in [2.24, 2.45) is 0 Å². The number of aromatic nitrogens is 3. The molecular weight excluding hydrogens is 448 g/mol. The fourth-order valence-corrected chi connectivity index (χ4v) is 3.97. The molecule has 0 radical (unpaired) electrons. The molecule has 180 valence electrons. The maximum absolute atomic E-state index is 13.0. The van der Waals surface area contributed by atoms with Crippen LogP contribution in [0.1, 0.15) is 25.0 Å². The Balaban J connectivity index is 1.36. The topological polar surface area (TPSA) is 158 Å². The number of carbonyl (C=O) groups is 4. The summed E-state index contributed by atoms with van der Waals surface area (Å²) in [5.41, 5.74) is 1.24. The van der Waals surface area contributed by atoms with E-state index in [1.807, 2.05) is 0 Å². The fourth-order valence-electron chi connectivity index (χ4n) is 3.97. The third-order valence-corrected chi connectivity index (χ3v) is 5.66. The summed E-state index contributed by atoms with van der Waals surface area (Å²) >= 11 is 0. The molecule has 0 saturated carbocycles.